The average Bonchev–Trinajstić information content (AvgIpc) is 3.18. The van der Waals surface area contributed by atoms with Crippen molar-refractivity contribution in [3.8, 4) is 11.5 Å². The Balaban J connectivity index is 1.88. The number of amides is 1. The van der Waals surface area contributed by atoms with Gasteiger partial charge in [-0.1, -0.05) is 71.0 Å². The van der Waals surface area contributed by atoms with Crippen molar-refractivity contribution < 1.29 is 24.2 Å². The largest absolute Gasteiger partial charge is 0.507 e. The topological polar surface area (TPSA) is 76.1 Å². The Morgan fingerprint density at radius 1 is 1.00 bits per heavy atom. The molecule has 6 heteroatoms. The van der Waals surface area contributed by atoms with Crippen LogP contribution in [-0.4, -0.2) is 35.4 Å². The predicted octanol–water partition coefficient (Wildman–Crippen LogP) is 7.45. The molecule has 1 aliphatic heterocycles. The number of rotatable bonds is 8. The lowest BCUT2D eigenvalue weighted by molar-refractivity contribution is -0.140. The van der Waals surface area contributed by atoms with Crippen molar-refractivity contribution >= 4 is 17.4 Å². The van der Waals surface area contributed by atoms with Crippen LogP contribution >= 0.6 is 0 Å². The predicted molar refractivity (Wildman–Crippen MR) is 162 cm³/mol. The molecule has 0 aromatic heterocycles. The van der Waals surface area contributed by atoms with Gasteiger partial charge in [-0.3, -0.25) is 9.59 Å². The summed E-state index contributed by atoms with van der Waals surface area (Å²) in [6, 6.07) is 18.5. The second-order valence-electron chi connectivity index (χ2n) is 11.9. The molecule has 1 atom stereocenters. The van der Waals surface area contributed by atoms with Gasteiger partial charge in [-0.25, -0.2) is 0 Å². The van der Waals surface area contributed by atoms with Crippen LogP contribution in [0.15, 0.2) is 66.2 Å². The third-order valence-electron chi connectivity index (χ3n) is 7.67. The van der Waals surface area contributed by atoms with E-state index in [-0.39, 0.29) is 29.2 Å². The summed E-state index contributed by atoms with van der Waals surface area (Å²) >= 11 is 0. The van der Waals surface area contributed by atoms with E-state index in [0.29, 0.717) is 12.2 Å². The van der Waals surface area contributed by atoms with Crippen molar-refractivity contribution in [2.24, 2.45) is 0 Å². The Labute approximate surface area is 243 Å². The Morgan fingerprint density at radius 2 is 1.63 bits per heavy atom. The first-order valence-electron chi connectivity index (χ1n) is 14.2. The highest BCUT2D eigenvalue weighted by molar-refractivity contribution is 6.46. The van der Waals surface area contributed by atoms with Crippen molar-refractivity contribution in [2.45, 2.75) is 72.4 Å². The molecule has 216 valence electrons. The molecule has 0 saturated carbocycles. The van der Waals surface area contributed by atoms with E-state index >= 15 is 0 Å². The lowest BCUT2D eigenvalue weighted by Gasteiger charge is -2.27. The van der Waals surface area contributed by atoms with E-state index in [1.807, 2.05) is 88.4 Å². The molecule has 0 aliphatic carbocycles. The van der Waals surface area contributed by atoms with Gasteiger partial charge in [-0.05, 0) is 77.3 Å². The number of ketones is 1. The number of hydrogen-bond acceptors (Lipinski definition) is 5. The van der Waals surface area contributed by atoms with Gasteiger partial charge in [-0.2, -0.15) is 0 Å². The van der Waals surface area contributed by atoms with Crippen LogP contribution in [0, 0.1) is 6.92 Å². The Kier molecular flexibility index (Phi) is 8.62. The third kappa shape index (κ3) is 6.02. The van der Waals surface area contributed by atoms with Crippen molar-refractivity contribution in [3.63, 3.8) is 0 Å². The summed E-state index contributed by atoms with van der Waals surface area (Å²) in [6.45, 7) is 15.1. The summed E-state index contributed by atoms with van der Waals surface area (Å²) in [7, 11) is 1.62. The molecule has 1 saturated heterocycles. The fraction of sp³-hybridized carbons (Fsp3) is 0.371. The molecule has 1 unspecified atom stereocenters. The highest BCUT2D eigenvalue weighted by atomic mass is 16.5. The molecule has 1 heterocycles. The van der Waals surface area contributed by atoms with Crippen molar-refractivity contribution in [3.05, 3.63) is 99.6 Å². The highest BCUT2D eigenvalue weighted by Crippen LogP contribution is 2.42. The molecule has 1 amide bonds. The smallest absolute Gasteiger partial charge is 0.295 e. The highest BCUT2D eigenvalue weighted by Gasteiger charge is 2.46. The standard InChI is InChI=1S/C35H41NO5/c1-9-41-26-16-10-23(11-17-26)20-36-31(24-12-14-25(15-13-24)35(5,6)7)30(33(38)34(36)39)32(37)28-19-27(21(2)3)29(40-8)18-22(28)4/h10-19,21,31,37H,9,20H2,1-8H3/b32-30+. The summed E-state index contributed by atoms with van der Waals surface area (Å²) in [4.78, 5) is 28.8. The number of Topliss-reactive ketones (excluding diaryl/α,β-unsaturated/α-hetero) is 1. The fourth-order valence-corrected chi connectivity index (χ4v) is 5.34. The van der Waals surface area contributed by atoms with Gasteiger partial charge in [0.1, 0.15) is 17.3 Å². The summed E-state index contributed by atoms with van der Waals surface area (Å²) in [6.07, 6.45) is 0. The van der Waals surface area contributed by atoms with Crippen molar-refractivity contribution in [1.29, 1.82) is 0 Å². The first kappa shape index (κ1) is 29.9. The molecule has 1 aliphatic rings. The SMILES string of the molecule is CCOc1ccc(CN2C(=O)C(=O)/C(=C(/O)c3cc(C(C)C)c(OC)cc3C)C2c2ccc(C(C)(C)C)cc2)cc1. The molecule has 4 rings (SSSR count). The van der Waals surface area contributed by atoms with Crippen LogP contribution < -0.4 is 9.47 Å². The zero-order valence-electron chi connectivity index (χ0n) is 25.4. The van der Waals surface area contributed by atoms with Gasteiger partial charge in [-0.15, -0.1) is 0 Å². The van der Waals surface area contributed by atoms with Crippen LogP contribution in [-0.2, 0) is 21.5 Å². The van der Waals surface area contributed by atoms with Gasteiger partial charge in [0.15, 0.2) is 0 Å². The molecular formula is C35H41NO5. The van der Waals surface area contributed by atoms with E-state index < -0.39 is 17.7 Å². The van der Waals surface area contributed by atoms with Crippen LogP contribution in [0.4, 0.5) is 0 Å². The second-order valence-corrected chi connectivity index (χ2v) is 11.9. The number of methoxy groups -OCH3 is 1. The van der Waals surface area contributed by atoms with Gasteiger partial charge in [0, 0.05) is 12.1 Å². The molecule has 1 fully saturated rings. The summed E-state index contributed by atoms with van der Waals surface area (Å²) in [5.41, 5.74) is 4.97. The number of carbonyl (C=O) groups is 2. The maximum Gasteiger partial charge on any atom is 0.295 e. The molecule has 0 bridgehead atoms. The van der Waals surface area contributed by atoms with E-state index in [0.717, 1.165) is 39.3 Å². The number of aryl methyl sites for hydroxylation is 1. The number of aliphatic hydroxyl groups is 1. The summed E-state index contributed by atoms with van der Waals surface area (Å²) in [5, 5.41) is 11.8. The molecule has 3 aromatic rings. The van der Waals surface area contributed by atoms with Gasteiger partial charge in [0.2, 0.25) is 0 Å². The maximum atomic E-state index is 13.7. The molecule has 1 N–H and O–H groups in total. The number of likely N-dealkylation sites (tertiary alicyclic amines) is 1. The molecule has 6 nitrogen and oxygen atoms in total. The molecule has 3 aromatic carbocycles. The van der Waals surface area contributed by atoms with Crippen molar-refractivity contribution in [1.82, 2.24) is 4.90 Å². The molecule has 0 spiro atoms. The number of carbonyl (C=O) groups excluding carboxylic acids is 2. The zero-order chi connectivity index (χ0) is 30.1. The normalized spacial score (nSPS) is 16.9. The summed E-state index contributed by atoms with van der Waals surface area (Å²) < 4.78 is 11.2. The Morgan fingerprint density at radius 3 is 2.17 bits per heavy atom. The number of aliphatic hydroxyl groups excluding tert-OH is 1. The van der Waals surface area contributed by atoms with Gasteiger partial charge < -0.3 is 19.5 Å². The second kappa shape index (κ2) is 11.8. The minimum absolute atomic E-state index is 0.0594. The summed E-state index contributed by atoms with van der Waals surface area (Å²) in [5.74, 6) is 0.0764. The average molecular weight is 556 g/mol. The monoisotopic (exact) mass is 555 g/mol. The quantitative estimate of drug-likeness (QED) is 0.178. The third-order valence-corrected chi connectivity index (χ3v) is 7.67. The first-order chi connectivity index (χ1) is 19.4. The Bertz CT molecular complexity index is 1460. The lowest BCUT2D eigenvalue weighted by Crippen LogP contribution is -2.29. The van der Waals surface area contributed by atoms with Crippen LogP contribution in [0.2, 0.25) is 0 Å². The van der Waals surface area contributed by atoms with E-state index in [9.17, 15) is 14.7 Å². The van der Waals surface area contributed by atoms with E-state index in [4.69, 9.17) is 9.47 Å². The number of hydrogen-bond donors (Lipinski definition) is 1. The molecule has 41 heavy (non-hydrogen) atoms. The molecule has 0 radical (unpaired) electrons. The van der Waals surface area contributed by atoms with Crippen LogP contribution in [0.5, 0.6) is 11.5 Å². The zero-order valence-corrected chi connectivity index (χ0v) is 25.4. The van der Waals surface area contributed by atoms with Gasteiger partial charge in [0.05, 0.1) is 25.3 Å². The number of ether oxygens (including phenoxy) is 2. The van der Waals surface area contributed by atoms with Crippen molar-refractivity contribution in [2.75, 3.05) is 13.7 Å². The number of benzene rings is 3. The lowest BCUT2D eigenvalue weighted by atomic mass is 9.85. The van der Waals surface area contributed by atoms with Gasteiger partial charge in [0.25, 0.3) is 11.7 Å². The van der Waals surface area contributed by atoms with Crippen LogP contribution in [0.25, 0.3) is 5.76 Å². The number of nitrogens with zero attached hydrogens (tertiary/aromatic N) is 1. The van der Waals surface area contributed by atoms with Crippen LogP contribution in [0.1, 0.15) is 86.9 Å². The minimum Gasteiger partial charge on any atom is -0.507 e. The fourth-order valence-electron chi connectivity index (χ4n) is 5.34. The Hall–Kier alpha value is -4.06. The van der Waals surface area contributed by atoms with E-state index in [1.54, 1.807) is 12.0 Å². The van der Waals surface area contributed by atoms with E-state index in [1.165, 1.54) is 0 Å². The molecular weight excluding hydrogens is 514 g/mol. The van der Waals surface area contributed by atoms with E-state index in [2.05, 4.69) is 20.8 Å². The maximum absolute atomic E-state index is 13.7. The van der Waals surface area contributed by atoms with Crippen LogP contribution in [0.3, 0.4) is 0 Å². The van der Waals surface area contributed by atoms with Gasteiger partial charge >= 0.3 is 0 Å². The first-order valence-corrected chi connectivity index (χ1v) is 14.2. The minimum atomic E-state index is -0.750.